The molecule has 0 heterocycles. The van der Waals surface area contributed by atoms with Gasteiger partial charge in [-0.25, -0.2) is 8.42 Å². The second kappa shape index (κ2) is 5.52. The standard InChI is InChI=1S/C18H21NO2S/c1-12-3-7-14(8-4-12)17-16(11-19)18(17)22(20,21)15-9-5-13(2)6-10-15/h3-10,16-18H,11,19H2,1-2H3/t16-,17-,18-/m0/s1. The molecule has 0 radical (unpaired) electrons. The smallest absolute Gasteiger partial charge is 0.182 e. The van der Waals surface area contributed by atoms with Crippen LogP contribution < -0.4 is 5.73 Å². The molecule has 3 rings (SSSR count). The van der Waals surface area contributed by atoms with Crippen LogP contribution in [0.1, 0.15) is 22.6 Å². The van der Waals surface area contributed by atoms with Crippen LogP contribution in [0.25, 0.3) is 0 Å². The summed E-state index contributed by atoms with van der Waals surface area (Å²) in [4.78, 5) is 0.399. The van der Waals surface area contributed by atoms with Gasteiger partial charge in [-0.15, -0.1) is 0 Å². The Morgan fingerprint density at radius 2 is 1.41 bits per heavy atom. The first-order valence-electron chi connectivity index (χ1n) is 7.52. The number of hydrogen-bond donors (Lipinski definition) is 1. The van der Waals surface area contributed by atoms with Gasteiger partial charge in [0, 0.05) is 5.92 Å². The largest absolute Gasteiger partial charge is 0.330 e. The number of rotatable bonds is 4. The van der Waals surface area contributed by atoms with Crippen LogP contribution in [0.15, 0.2) is 53.4 Å². The number of sulfone groups is 1. The van der Waals surface area contributed by atoms with Crippen molar-refractivity contribution in [1.29, 1.82) is 0 Å². The van der Waals surface area contributed by atoms with Gasteiger partial charge in [0.2, 0.25) is 0 Å². The highest BCUT2D eigenvalue weighted by atomic mass is 32.2. The third-order valence-corrected chi connectivity index (χ3v) is 6.83. The molecule has 2 aromatic rings. The highest BCUT2D eigenvalue weighted by Crippen LogP contribution is 2.53. The van der Waals surface area contributed by atoms with E-state index in [-0.39, 0.29) is 11.8 Å². The van der Waals surface area contributed by atoms with E-state index in [1.807, 2.05) is 50.2 Å². The average Bonchev–Trinajstić information content (AvgIpc) is 3.24. The van der Waals surface area contributed by atoms with E-state index in [4.69, 9.17) is 5.73 Å². The molecule has 0 amide bonds. The lowest BCUT2D eigenvalue weighted by Crippen LogP contribution is -2.13. The molecular weight excluding hydrogens is 294 g/mol. The Kier molecular flexibility index (Phi) is 3.83. The molecule has 22 heavy (non-hydrogen) atoms. The lowest BCUT2D eigenvalue weighted by molar-refractivity contribution is 0.591. The maximum absolute atomic E-state index is 12.9. The van der Waals surface area contributed by atoms with Crippen molar-refractivity contribution in [2.75, 3.05) is 6.54 Å². The normalized spacial score (nSPS) is 24.2. The van der Waals surface area contributed by atoms with Crippen LogP contribution in [0, 0.1) is 19.8 Å². The number of benzene rings is 2. The second-order valence-corrected chi connectivity index (χ2v) is 8.26. The van der Waals surface area contributed by atoms with Crippen LogP contribution in [0.3, 0.4) is 0 Å². The molecule has 2 N–H and O–H groups in total. The highest BCUT2D eigenvalue weighted by Gasteiger charge is 2.57. The molecule has 0 bridgehead atoms. The van der Waals surface area contributed by atoms with Crippen molar-refractivity contribution in [3.8, 4) is 0 Å². The van der Waals surface area contributed by atoms with Crippen LogP contribution in [-0.4, -0.2) is 20.2 Å². The Morgan fingerprint density at radius 1 is 0.909 bits per heavy atom. The summed E-state index contributed by atoms with van der Waals surface area (Å²) in [7, 11) is -3.33. The molecule has 1 fully saturated rings. The second-order valence-electron chi connectivity index (χ2n) is 6.16. The van der Waals surface area contributed by atoms with Crippen molar-refractivity contribution in [3.05, 3.63) is 65.2 Å². The maximum atomic E-state index is 12.9. The summed E-state index contributed by atoms with van der Waals surface area (Å²) in [6.07, 6.45) is 0. The van der Waals surface area contributed by atoms with E-state index in [0.29, 0.717) is 11.4 Å². The molecule has 3 atom stereocenters. The quantitative estimate of drug-likeness (QED) is 0.944. The number of nitrogens with two attached hydrogens (primary N) is 1. The van der Waals surface area contributed by atoms with E-state index >= 15 is 0 Å². The van der Waals surface area contributed by atoms with E-state index in [1.54, 1.807) is 12.1 Å². The van der Waals surface area contributed by atoms with Gasteiger partial charge in [-0.3, -0.25) is 0 Å². The van der Waals surface area contributed by atoms with Crippen molar-refractivity contribution in [3.63, 3.8) is 0 Å². The third-order valence-electron chi connectivity index (χ3n) is 4.54. The first-order valence-corrected chi connectivity index (χ1v) is 9.07. The molecule has 1 aliphatic carbocycles. The fourth-order valence-corrected chi connectivity index (χ4v) is 5.38. The summed E-state index contributed by atoms with van der Waals surface area (Å²) in [5.74, 6) is 0.0194. The molecular formula is C18H21NO2S. The minimum atomic E-state index is -3.33. The van der Waals surface area contributed by atoms with E-state index < -0.39 is 15.1 Å². The summed E-state index contributed by atoms with van der Waals surface area (Å²) in [6, 6.07) is 15.2. The molecule has 3 nitrogen and oxygen atoms in total. The van der Waals surface area contributed by atoms with E-state index in [0.717, 1.165) is 11.1 Å². The van der Waals surface area contributed by atoms with Crippen LogP contribution in [0.5, 0.6) is 0 Å². The molecule has 0 aromatic heterocycles. The fraction of sp³-hybridized carbons (Fsp3) is 0.333. The predicted molar refractivity (Wildman–Crippen MR) is 88.6 cm³/mol. The van der Waals surface area contributed by atoms with Gasteiger partial charge in [-0.05, 0) is 44.0 Å². The fourth-order valence-electron chi connectivity index (χ4n) is 3.16. The summed E-state index contributed by atoms with van der Waals surface area (Å²) in [5, 5.41) is -0.400. The molecule has 1 saturated carbocycles. The average molecular weight is 315 g/mol. The van der Waals surface area contributed by atoms with Gasteiger partial charge in [0.25, 0.3) is 0 Å². The van der Waals surface area contributed by atoms with Gasteiger partial charge in [0.1, 0.15) is 0 Å². The number of hydrogen-bond acceptors (Lipinski definition) is 3. The third kappa shape index (κ3) is 2.57. The Morgan fingerprint density at radius 3 is 1.91 bits per heavy atom. The molecule has 4 heteroatoms. The van der Waals surface area contributed by atoms with Gasteiger partial charge < -0.3 is 5.73 Å². The SMILES string of the molecule is Cc1ccc([C@H]2[C@H](CN)[C@@H]2S(=O)(=O)c2ccc(C)cc2)cc1. The van der Waals surface area contributed by atoms with Crippen LogP contribution >= 0.6 is 0 Å². The first-order chi connectivity index (χ1) is 10.4. The summed E-state index contributed by atoms with van der Waals surface area (Å²) >= 11 is 0. The Hall–Kier alpha value is -1.65. The van der Waals surface area contributed by atoms with Gasteiger partial charge in [0.05, 0.1) is 10.1 Å². The van der Waals surface area contributed by atoms with Crippen LogP contribution in [0.4, 0.5) is 0 Å². The Bertz CT molecular complexity index is 764. The number of aryl methyl sites for hydroxylation is 2. The van der Waals surface area contributed by atoms with E-state index in [2.05, 4.69) is 0 Å². The Labute approximate surface area is 132 Å². The van der Waals surface area contributed by atoms with Crippen molar-refractivity contribution in [2.45, 2.75) is 29.9 Å². The topological polar surface area (TPSA) is 60.2 Å². The first kappa shape index (κ1) is 15.3. The lowest BCUT2D eigenvalue weighted by atomic mass is 10.1. The minimum absolute atomic E-state index is 0.00834. The predicted octanol–water partition coefficient (Wildman–Crippen LogP) is 2.82. The molecule has 0 spiro atoms. The van der Waals surface area contributed by atoms with E-state index in [1.165, 1.54) is 5.56 Å². The van der Waals surface area contributed by atoms with Crippen molar-refractivity contribution >= 4 is 9.84 Å². The Balaban J connectivity index is 1.93. The van der Waals surface area contributed by atoms with Crippen molar-refractivity contribution in [2.24, 2.45) is 11.7 Å². The van der Waals surface area contributed by atoms with Crippen LogP contribution in [0.2, 0.25) is 0 Å². The molecule has 0 aliphatic heterocycles. The zero-order chi connectivity index (χ0) is 15.9. The molecule has 0 saturated heterocycles. The van der Waals surface area contributed by atoms with E-state index in [9.17, 15) is 8.42 Å². The molecule has 1 aliphatic rings. The van der Waals surface area contributed by atoms with Crippen molar-refractivity contribution < 1.29 is 8.42 Å². The molecule has 116 valence electrons. The van der Waals surface area contributed by atoms with Gasteiger partial charge in [0.15, 0.2) is 9.84 Å². The highest BCUT2D eigenvalue weighted by molar-refractivity contribution is 7.92. The van der Waals surface area contributed by atoms with Gasteiger partial charge >= 0.3 is 0 Å². The summed E-state index contributed by atoms with van der Waals surface area (Å²) in [5.41, 5.74) is 9.12. The maximum Gasteiger partial charge on any atom is 0.182 e. The van der Waals surface area contributed by atoms with Crippen molar-refractivity contribution in [1.82, 2.24) is 0 Å². The van der Waals surface area contributed by atoms with Crippen LogP contribution in [-0.2, 0) is 9.84 Å². The summed E-state index contributed by atoms with van der Waals surface area (Å²) in [6.45, 7) is 4.37. The lowest BCUT2D eigenvalue weighted by Gasteiger charge is -2.05. The zero-order valence-electron chi connectivity index (χ0n) is 12.9. The monoisotopic (exact) mass is 315 g/mol. The zero-order valence-corrected chi connectivity index (χ0v) is 13.7. The summed E-state index contributed by atoms with van der Waals surface area (Å²) < 4.78 is 25.7. The molecule has 2 aromatic carbocycles. The minimum Gasteiger partial charge on any atom is -0.330 e. The molecule has 0 unspecified atom stereocenters. The van der Waals surface area contributed by atoms with Gasteiger partial charge in [-0.1, -0.05) is 47.5 Å². The van der Waals surface area contributed by atoms with Gasteiger partial charge in [-0.2, -0.15) is 0 Å².